The summed E-state index contributed by atoms with van der Waals surface area (Å²) >= 11 is 0. The Bertz CT molecular complexity index is 791. The topological polar surface area (TPSA) is 35.5 Å². The van der Waals surface area contributed by atoms with Crippen LogP contribution in [0.1, 0.15) is 70.8 Å². The van der Waals surface area contributed by atoms with Crippen LogP contribution in [0.5, 0.6) is 0 Å². The lowest BCUT2D eigenvalue weighted by Crippen LogP contribution is -2.58. The molecule has 3 nitrogen and oxygen atoms in total. The molecule has 4 saturated carbocycles. The Hall–Kier alpha value is -1.19. The zero-order valence-corrected chi connectivity index (χ0v) is 19.6. The molecule has 170 valence electrons. The highest BCUT2D eigenvalue weighted by Gasteiger charge is 2.62. The van der Waals surface area contributed by atoms with Crippen LogP contribution in [0.4, 0.5) is 0 Å². The normalized spacial score (nSPS) is 44.4. The number of ketones is 1. The summed E-state index contributed by atoms with van der Waals surface area (Å²) in [6.07, 6.45) is 9.31. The third kappa shape index (κ3) is 3.60. The summed E-state index contributed by atoms with van der Waals surface area (Å²) < 4.78 is 12.3. The number of hydrogen-bond donors (Lipinski definition) is 0. The Labute approximate surface area is 188 Å². The van der Waals surface area contributed by atoms with Gasteiger partial charge >= 0.3 is 0 Å². The molecule has 0 amide bonds. The second-order valence-corrected chi connectivity index (χ2v) is 11.6. The maximum Gasteiger partial charge on any atom is 0.133 e. The van der Waals surface area contributed by atoms with Crippen LogP contribution in [-0.2, 0) is 20.9 Å². The zero-order chi connectivity index (χ0) is 21.6. The van der Waals surface area contributed by atoms with Crippen molar-refractivity contribution in [2.24, 2.45) is 40.4 Å². The smallest absolute Gasteiger partial charge is 0.133 e. The van der Waals surface area contributed by atoms with Gasteiger partial charge < -0.3 is 9.47 Å². The molecule has 3 heteroatoms. The van der Waals surface area contributed by atoms with Crippen molar-refractivity contribution in [3.63, 3.8) is 0 Å². The second kappa shape index (κ2) is 8.30. The highest BCUT2D eigenvalue weighted by molar-refractivity contribution is 5.79. The fourth-order valence-corrected chi connectivity index (χ4v) is 8.60. The monoisotopic (exact) mass is 424 g/mol. The molecular formula is C28H40O3. The van der Waals surface area contributed by atoms with E-state index in [-0.39, 0.29) is 11.5 Å². The first-order chi connectivity index (χ1) is 15.0. The number of Topliss-reactive ketones (excluding diaryl/α,β-unsaturated/α-hetero) is 1. The van der Waals surface area contributed by atoms with Gasteiger partial charge in [-0.2, -0.15) is 0 Å². The van der Waals surface area contributed by atoms with Gasteiger partial charge in [-0.05, 0) is 84.5 Å². The van der Waals surface area contributed by atoms with E-state index in [1.807, 2.05) is 7.11 Å². The van der Waals surface area contributed by atoms with Crippen LogP contribution in [0.25, 0.3) is 0 Å². The third-order valence-electron chi connectivity index (χ3n) is 10.4. The largest absolute Gasteiger partial charge is 0.381 e. The maximum atomic E-state index is 12.3. The van der Waals surface area contributed by atoms with E-state index in [2.05, 4.69) is 44.2 Å². The fraction of sp³-hybridized carbons (Fsp3) is 0.750. The van der Waals surface area contributed by atoms with E-state index in [9.17, 15) is 4.79 Å². The Kier molecular flexibility index (Phi) is 5.80. The number of methoxy groups -OCH3 is 1. The number of fused-ring (bicyclic) bond motifs is 5. The summed E-state index contributed by atoms with van der Waals surface area (Å²) in [6.45, 7) is 6.69. The predicted octanol–water partition coefficient (Wildman–Crippen LogP) is 6.06. The molecule has 4 aliphatic rings. The Balaban J connectivity index is 1.31. The van der Waals surface area contributed by atoms with Crippen LogP contribution < -0.4 is 0 Å². The van der Waals surface area contributed by atoms with Gasteiger partial charge in [-0.15, -0.1) is 0 Å². The first-order valence-electron chi connectivity index (χ1n) is 12.6. The van der Waals surface area contributed by atoms with Crippen LogP contribution in [0, 0.1) is 40.4 Å². The maximum absolute atomic E-state index is 12.3. The number of carbonyl (C=O) groups excluding carboxylic acids is 1. The van der Waals surface area contributed by atoms with Gasteiger partial charge in [0.1, 0.15) is 5.78 Å². The molecule has 0 aliphatic heterocycles. The van der Waals surface area contributed by atoms with Crippen molar-refractivity contribution in [2.75, 3.05) is 13.7 Å². The van der Waals surface area contributed by atoms with E-state index >= 15 is 0 Å². The van der Waals surface area contributed by atoms with E-state index in [0.29, 0.717) is 23.0 Å². The van der Waals surface area contributed by atoms with E-state index in [1.165, 1.54) is 31.2 Å². The van der Waals surface area contributed by atoms with Crippen molar-refractivity contribution < 1.29 is 14.3 Å². The van der Waals surface area contributed by atoms with Crippen molar-refractivity contribution in [1.82, 2.24) is 0 Å². The molecule has 0 heterocycles. The van der Waals surface area contributed by atoms with Gasteiger partial charge in [-0.25, -0.2) is 0 Å². The molecule has 5 rings (SSSR count). The molecule has 4 fully saturated rings. The van der Waals surface area contributed by atoms with Gasteiger partial charge in [0.15, 0.2) is 0 Å². The molecule has 0 aromatic heterocycles. The Morgan fingerprint density at radius 3 is 2.52 bits per heavy atom. The summed E-state index contributed by atoms with van der Waals surface area (Å²) in [5.74, 6) is 3.85. The standard InChI is InChI=1S/C28H40O3/c1-27-14-12-24-22(16-26(30-3)25-15-21(29)11-13-28(24,25)2)23(27)10-9-20(27)18-31-17-19-7-5-4-6-8-19/h4-8,20,22-26H,9-18H2,1-3H3/t20?,22-,23-,24-,25+,26+,27+,28+/m0/s1. The van der Waals surface area contributed by atoms with E-state index in [0.717, 1.165) is 56.7 Å². The molecule has 8 atom stereocenters. The Morgan fingerprint density at radius 1 is 0.968 bits per heavy atom. The van der Waals surface area contributed by atoms with Crippen molar-refractivity contribution in [3.8, 4) is 0 Å². The average Bonchev–Trinajstić information content (AvgIpc) is 3.11. The summed E-state index contributed by atoms with van der Waals surface area (Å²) in [5, 5.41) is 0. The quantitative estimate of drug-likeness (QED) is 0.577. The first kappa shape index (κ1) is 21.6. The van der Waals surface area contributed by atoms with Crippen LogP contribution in [0.15, 0.2) is 30.3 Å². The van der Waals surface area contributed by atoms with Gasteiger partial charge in [-0.3, -0.25) is 4.79 Å². The highest BCUT2D eigenvalue weighted by Crippen LogP contribution is 2.67. The average molecular weight is 425 g/mol. The number of hydrogen-bond acceptors (Lipinski definition) is 3. The molecule has 4 aliphatic carbocycles. The number of carbonyl (C=O) groups is 1. The number of benzene rings is 1. The molecule has 0 spiro atoms. The molecule has 1 aromatic carbocycles. The van der Waals surface area contributed by atoms with E-state index in [1.54, 1.807) is 0 Å². The lowest BCUT2D eigenvalue weighted by molar-refractivity contribution is -0.172. The molecule has 1 aromatic rings. The summed E-state index contributed by atoms with van der Waals surface area (Å²) in [5.41, 5.74) is 1.94. The van der Waals surface area contributed by atoms with Crippen molar-refractivity contribution in [1.29, 1.82) is 0 Å². The highest BCUT2D eigenvalue weighted by atomic mass is 16.5. The molecule has 0 saturated heterocycles. The molecule has 1 unspecified atom stereocenters. The van der Waals surface area contributed by atoms with E-state index < -0.39 is 0 Å². The summed E-state index contributed by atoms with van der Waals surface area (Å²) in [4.78, 5) is 12.3. The van der Waals surface area contributed by atoms with Gasteiger partial charge in [0, 0.05) is 20.0 Å². The molecular weight excluding hydrogens is 384 g/mol. The van der Waals surface area contributed by atoms with Crippen molar-refractivity contribution in [2.45, 2.75) is 77.9 Å². The van der Waals surface area contributed by atoms with Crippen LogP contribution in [0.2, 0.25) is 0 Å². The van der Waals surface area contributed by atoms with Gasteiger partial charge in [0.2, 0.25) is 0 Å². The molecule has 0 radical (unpaired) electrons. The molecule has 0 bridgehead atoms. The SMILES string of the molecule is CO[C@@H]1C[C@@H]2[C@H](CC[C@]3(C)C(COCc4ccccc4)CC[C@@H]23)[C@@]2(C)CCC(=O)C[C@H]12. The van der Waals surface area contributed by atoms with Crippen LogP contribution >= 0.6 is 0 Å². The predicted molar refractivity (Wildman–Crippen MR) is 123 cm³/mol. The van der Waals surface area contributed by atoms with E-state index in [4.69, 9.17) is 9.47 Å². The lowest BCUT2D eigenvalue weighted by atomic mass is 9.44. The number of rotatable bonds is 5. The minimum absolute atomic E-state index is 0.256. The first-order valence-corrected chi connectivity index (χ1v) is 12.6. The summed E-state index contributed by atoms with van der Waals surface area (Å²) in [7, 11) is 1.88. The minimum Gasteiger partial charge on any atom is -0.381 e. The van der Waals surface area contributed by atoms with Crippen molar-refractivity contribution >= 4 is 5.78 Å². The molecule has 0 N–H and O–H groups in total. The van der Waals surface area contributed by atoms with Gasteiger partial charge in [0.25, 0.3) is 0 Å². The minimum atomic E-state index is 0.256. The van der Waals surface area contributed by atoms with Crippen LogP contribution in [0.3, 0.4) is 0 Å². The number of ether oxygens (including phenoxy) is 2. The van der Waals surface area contributed by atoms with Crippen LogP contribution in [-0.4, -0.2) is 25.6 Å². The van der Waals surface area contributed by atoms with Crippen molar-refractivity contribution in [3.05, 3.63) is 35.9 Å². The zero-order valence-electron chi connectivity index (χ0n) is 19.6. The fourth-order valence-electron chi connectivity index (χ4n) is 8.60. The third-order valence-corrected chi connectivity index (χ3v) is 10.4. The van der Waals surface area contributed by atoms with Gasteiger partial charge in [0.05, 0.1) is 19.3 Å². The summed E-state index contributed by atoms with van der Waals surface area (Å²) in [6, 6.07) is 10.6. The second-order valence-electron chi connectivity index (χ2n) is 11.6. The Morgan fingerprint density at radius 2 is 1.74 bits per heavy atom. The molecule has 31 heavy (non-hydrogen) atoms. The van der Waals surface area contributed by atoms with Gasteiger partial charge in [-0.1, -0.05) is 44.2 Å². The lowest BCUT2D eigenvalue weighted by Gasteiger charge is -2.62.